The standard InChI is InChI=1S/C43H49N4O4/c1-11-29-25(4)33-20-34-27(6)31(14-13-17-50-18-19-51-41(49)42(8,9)10)39-23-40-32(16-15-24(3)48)28(7)36-22-38-30(12-2)26(5)35-21-37(29)44(33)43(45(35)38,46(34)39)47(36)40/h11-12,20-23,34H,1-2,13-19H2,3-10H3/q+1. The van der Waals surface area contributed by atoms with Crippen LogP contribution in [-0.2, 0) is 31.4 Å². The fourth-order valence-electron chi connectivity index (χ4n) is 9.28. The van der Waals surface area contributed by atoms with Gasteiger partial charge in [0, 0.05) is 47.5 Å². The number of rotatable bonds is 12. The lowest BCUT2D eigenvalue weighted by molar-refractivity contribution is -0.668. The van der Waals surface area contributed by atoms with E-state index in [0.29, 0.717) is 26.1 Å². The number of hydrogen-bond donors (Lipinski definition) is 0. The summed E-state index contributed by atoms with van der Waals surface area (Å²) in [6.07, 6.45) is 16.4. The van der Waals surface area contributed by atoms with Gasteiger partial charge >= 0.3 is 11.9 Å². The highest BCUT2D eigenvalue weighted by Crippen LogP contribution is 2.44. The number of nitrogens with zero attached hydrogens (tertiary/aromatic N) is 4. The van der Waals surface area contributed by atoms with Crippen molar-refractivity contribution in [2.24, 2.45) is 5.41 Å². The minimum atomic E-state index is -0.763. The van der Waals surface area contributed by atoms with Crippen LogP contribution >= 0.6 is 0 Å². The Kier molecular flexibility index (Phi) is 7.48. The van der Waals surface area contributed by atoms with Crippen LogP contribution in [0.4, 0.5) is 0 Å². The lowest BCUT2D eigenvalue weighted by Gasteiger charge is -2.44. The number of carbonyl (C=O) groups excluding carboxylic acids is 2. The number of aromatic nitrogens is 3. The van der Waals surface area contributed by atoms with E-state index >= 15 is 0 Å². The Morgan fingerprint density at radius 2 is 1.55 bits per heavy atom. The Morgan fingerprint density at radius 3 is 2.24 bits per heavy atom. The van der Waals surface area contributed by atoms with E-state index in [1.54, 1.807) is 6.92 Å². The molecule has 5 aliphatic rings. The first-order chi connectivity index (χ1) is 24.3. The zero-order valence-electron chi connectivity index (χ0n) is 31.3. The Bertz CT molecular complexity index is 2470. The van der Waals surface area contributed by atoms with Crippen molar-refractivity contribution in [2.45, 2.75) is 93.0 Å². The van der Waals surface area contributed by atoms with Crippen molar-refractivity contribution in [2.75, 3.05) is 19.8 Å². The maximum absolute atomic E-state index is 12.4. The quantitative estimate of drug-likeness (QED) is 0.165. The smallest absolute Gasteiger partial charge is 0.425 e. The summed E-state index contributed by atoms with van der Waals surface area (Å²) in [5.41, 5.74) is 12.9. The molecule has 2 atom stereocenters. The van der Waals surface area contributed by atoms with E-state index in [9.17, 15) is 9.59 Å². The topological polar surface area (TPSA) is 70.4 Å². The molecule has 0 aliphatic carbocycles. The maximum atomic E-state index is 12.4. The number of esters is 1. The van der Waals surface area contributed by atoms with E-state index in [1.807, 2.05) is 32.9 Å². The molecule has 1 spiro atoms. The van der Waals surface area contributed by atoms with Crippen molar-refractivity contribution in [1.82, 2.24) is 13.7 Å². The molecule has 8 heterocycles. The average Bonchev–Trinajstić information content (AvgIpc) is 3.72. The van der Waals surface area contributed by atoms with Gasteiger partial charge in [-0.3, -0.25) is 4.79 Å². The van der Waals surface area contributed by atoms with Crippen LogP contribution in [0.1, 0.15) is 98.6 Å². The van der Waals surface area contributed by atoms with Crippen molar-refractivity contribution in [1.29, 1.82) is 0 Å². The van der Waals surface area contributed by atoms with Crippen LogP contribution in [0.25, 0.3) is 36.5 Å². The van der Waals surface area contributed by atoms with Crippen molar-refractivity contribution < 1.29 is 23.6 Å². The highest BCUT2D eigenvalue weighted by Gasteiger charge is 2.63. The van der Waals surface area contributed by atoms with Gasteiger partial charge in [-0.1, -0.05) is 25.3 Å². The van der Waals surface area contributed by atoms with E-state index in [2.05, 4.69) is 83.4 Å². The number of Topliss-reactive ketones (excluding diaryl/α,β-unsaturated/α-hetero) is 1. The Morgan fingerprint density at radius 1 is 0.843 bits per heavy atom. The molecule has 0 aromatic carbocycles. The summed E-state index contributed by atoms with van der Waals surface area (Å²) in [6, 6.07) is 0.0340. The minimum Gasteiger partial charge on any atom is -0.463 e. The predicted octanol–water partition coefficient (Wildman–Crippen LogP) is 3.90. The van der Waals surface area contributed by atoms with Crippen LogP contribution in [0.5, 0.6) is 0 Å². The van der Waals surface area contributed by atoms with Crippen LogP contribution in [0.15, 0.2) is 24.3 Å². The average molecular weight is 686 g/mol. The number of ether oxygens (including phenoxy) is 2. The summed E-state index contributed by atoms with van der Waals surface area (Å²) >= 11 is 0. The molecule has 0 N–H and O–H groups in total. The predicted molar refractivity (Wildman–Crippen MR) is 202 cm³/mol. The molecule has 8 nitrogen and oxygen atoms in total. The van der Waals surface area contributed by atoms with Gasteiger partial charge in [0.2, 0.25) is 11.8 Å². The van der Waals surface area contributed by atoms with Crippen molar-refractivity contribution in [3.05, 3.63) is 90.5 Å². The molecule has 0 saturated heterocycles. The van der Waals surface area contributed by atoms with E-state index in [1.165, 1.54) is 60.9 Å². The molecular weight excluding hydrogens is 636 g/mol. The zero-order valence-corrected chi connectivity index (χ0v) is 31.3. The highest BCUT2D eigenvalue weighted by molar-refractivity contribution is 6.19. The first kappa shape index (κ1) is 33.5. The molecule has 8 heteroatoms. The van der Waals surface area contributed by atoms with Crippen molar-refractivity contribution in [3.8, 4) is 0 Å². The van der Waals surface area contributed by atoms with Crippen LogP contribution < -0.4 is 21.4 Å². The zero-order chi connectivity index (χ0) is 36.3. The van der Waals surface area contributed by atoms with Gasteiger partial charge in [0.25, 0.3) is 0 Å². The van der Waals surface area contributed by atoms with Crippen LogP contribution in [-0.4, -0.2) is 61.6 Å². The van der Waals surface area contributed by atoms with Gasteiger partial charge in [-0.25, -0.2) is 13.7 Å². The molecule has 0 fully saturated rings. The van der Waals surface area contributed by atoms with Crippen molar-refractivity contribution in [3.63, 3.8) is 0 Å². The van der Waals surface area contributed by atoms with Crippen LogP contribution in [0.3, 0.4) is 0 Å². The number of carbonyl (C=O) groups is 2. The molecule has 0 amide bonds. The Labute approximate surface area is 299 Å². The van der Waals surface area contributed by atoms with Gasteiger partial charge < -0.3 is 14.3 Å². The fraction of sp³-hybridized carbons (Fsp3) is 0.419. The third-order valence-electron chi connectivity index (χ3n) is 11.8. The molecule has 0 radical (unpaired) electrons. The monoisotopic (exact) mass is 685 g/mol. The summed E-state index contributed by atoms with van der Waals surface area (Å²) in [4.78, 5) is 24.6. The van der Waals surface area contributed by atoms with E-state index in [4.69, 9.17) is 9.47 Å². The van der Waals surface area contributed by atoms with Gasteiger partial charge in [-0.05, 0) is 109 Å². The lowest BCUT2D eigenvalue weighted by atomic mass is 9.97. The van der Waals surface area contributed by atoms with Crippen molar-refractivity contribution >= 4 is 53.9 Å². The summed E-state index contributed by atoms with van der Waals surface area (Å²) in [5, 5.41) is 4.72. The SMILES string of the molecule is C=Cc1c(C)c2n3c1C=c1c(C)c(CCC(C)=O)c4n1C31n3c(c(C)c(C=C)c3=C2)=CC2C(C)=C(CCCOCCOC(=O)C(C)(C)C)C(=[N+]21)C=4. The van der Waals surface area contributed by atoms with E-state index < -0.39 is 11.3 Å². The molecular formula is C43H49N4O4+. The lowest BCUT2D eigenvalue weighted by Crippen LogP contribution is -2.74. The van der Waals surface area contributed by atoms with Gasteiger partial charge in [0.05, 0.1) is 44.8 Å². The fourth-order valence-corrected chi connectivity index (χ4v) is 9.28. The first-order valence-corrected chi connectivity index (χ1v) is 18.3. The van der Waals surface area contributed by atoms with Gasteiger partial charge in [0.15, 0.2) is 0 Å². The minimum absolute atomic E-state index is 0.0340. The first-order valence-electron chi connectivity index (χ1n) is 18.3. The third kappa shape index (κ3) is 4.32. The molecule has 2 unspecified atom stereocenters. The Hall–Kier alpha value is -4.69. The van der Waals surface area contributed by atoms with Crippen LogP contribution in [0, 0.1) is 26.2 Å². The normalized spacial score (nSPS) is 19.9. The number of hydrogen-bond acceptors (Lipinski definition) is 4. The molecule has 5 aliphatic heterocycles. The van der Waals surface area contributed by atoms with E-state index in [0.717, 1.165) is 35.0 Å². The second-order valence-electron chi connectivity index (χ2n) is 15.8. The van der Waals surface area contributed by atoms with Gasteiger partial charge in [-0.2, -0.15) is 4.58 Å². The molecule has 3 aromatic heterocycles. The molecule has 0 saturated carbocycles. The summed E-state index contributed by atoms with van der Waals surface area (Å²) in [5.74, 6) is -0.780. The van der Waals surface area contributed by atoms with Gasteiger partial charge in [-0.15, -0.1) is 0 Å². The van der Waals surface area contributed by atoms with E-state index in [-0.39, 0.29) is 24.4 Å². The van der Waals surface area contributed by atoms with Gasteiger partial charge in [0.1, 0.15) is 12.4 Å². The number of ketones is 1. The van der Waals surface area contributed by atoms with Crippen LogP contribution in [0.2, 0.25) is 0 Å². The second kappa shape index (κ2) is 11.4. The largest absolute Gasteiger partial charge is 0.463 e. The Balaban J connectivity index is 1.32. The number of allylic oxidation sites excluding steroid dienone is 1. The molecule has 264 valence electrons. The molecule has 3 aromatic rings. The molecule has 0 bridgehead atoms. The maximum Gasteiger partial charge on any atom is 0.425 e. The summed E-state index contributed by atoms with van der Waals surface area (Å²) in [7, 11) is 0. The summed E-state index contributed by atoms with van der Waals surface area (Å²) in [6.45, 7) is 26.0. The highest BCUT2D eigenvalue weighted by atomic mass is 16.6. The third-order valence-corrected chi connectivity index (χ3v) is 11.8. The molecule has 51 heavy (non-hydrogen) atoms. The second-order valence-corrected chi connectivity index (χ2v) is 15.8. The molecule has 8 rings (SSSR count). The summed E-state index contributed by atoms with van der Waals surface area (Å²) < 4.78 is 21.7.